The molecule has 0 aliphatic rings. The van der Waals surface area contributed by atoms with Gasteiger partial charge in [0.2, 0.25) is 0 Å². The lowest BCUT2D eigenvalue weighted by atomic mass is 9.94. The fourth-order valence-electron chi connectivity index (χ4n) is 3.32. The molecule has 0 amide bonds. The van der Waals surface area contributed by atoms with Crippen molar-refractivity contribution in [3.63, 3.8) is 0 Å². The average Bonchev–Trinajstić information content (AvgIpc) is 2.63. The van der Waals surface area contributed by atoms with Crippen molar-refractivity contribution in [3.05, 3.63) is 54.6 Å². The highest BCUT2D eigenvalue weighted by molar-refractivity contribution is 6.23. The molecule has 0 radical (unpaired) electrons. The highest BCUT2D eigenvalue weighted by atomic mass is 16.5. The molecule has 24 heavy (non-hydrogen) atoms. The van der Waals surface area contributed by atoms with Gasteiger partial charge in [0.25, 0.3) is 0 Å². The number of ether oxygens (including phenoxy) is 2. The van der Waals surface area contributed by atoms with E-state index in [1.54, 1.807) is 0 Å². The maximum absolute atomic E-state index is 11.1. The number of esters is 1. The first-order valence-corrected chi connectivity index (χ1v) is 8.13. The van der Waals surface area contributed by atoms with Crippen LogP contribution in [0.25, 0.3) is 32.3 Å². The highest BCUT2D eigenvalue weighted by Gasteiger charge is 2.09. The summed E-state index contributed by atoms with van der Waals surface area (Å²) in [4.78, 5) is 11.1. The van der Waals surface area contributed by atoms with E-state index in [-0.39, 0.29) is 5.97 Å². The first-order chi connectivity index (χ1) is 11.8. The monoisotopic (exact) mass is 318 g/mol. The van der Waals surface area contributed by atoms with Crippen LogP contribution in [0.2, 0.25) is 0 Å². The summed E-state index contributed by atoms with van der Waals surface area (Å²) in [6.07, 6.45) is 1.03. The Morgan fingerprint density at radius 3 is 2.08 bits per heavy atom. The van der Waals surface area contributed by atoms with Gasteiger partial charge in [-0.15, -0.1) is 0 Å². The molecule has 0 bridgehead atoms. The molecule has 0 heterocycles. The van der Waals surface area contributed by atoms with Crippen molar-refractivity contribution in [2.75, 3.05) is 13.7 Å². The van der Waals surface area contributed by atoms with Gasteiger partial charge in [-0.05, 0) is 50.9 Å². The van der Waals surface area contributed by atoms with Crippen LogP contribution in [0, 0.1) is 0 Å². The summed E-state index contributed by atoms with van der Waals surface area (Å²) in [7, 11) is 1.40. The molecule has 4 aromatic carbocycles. The lowest BCUT2D eigenvalue weighted by molar-refractivity contribution is -0.140. The van der Waals surface area contributed by atoms with Crippen molar-refractivity contribution in [2.24, 2.45) is 0 Å². The molecular formula is C21H18O3. The first-order valence-electron chi connectivity index (χ1n) is 8.13. The molecule has 0 aliphatic carbocycles. The molecule has 120 valence electrons. The minimum absolute atomic E-state index is 0.200. The Morgan fingerprint density at radius 1 is 0.875 bits per heavy atom. The highest BCUT2D eigenvalue weighted by Crippen LogP contribution is 2.36. The quantitative estimate of drug-likeness (QED) is 0.298. The third kappa shape index (κ3) is 2.52. The molecule has 0 N–H and O–H groups in total. The second-order valence-electron chi connectivity index (χ2n) is 5.98. The summed E-state index contributed by atoms with van der Waals surface area (Å²) in [6, 6.07) is 19.2. The van der Waals surface area contributed by atoms with Crippen LogP contribution in [0.4, 0.5) is 0 Å². The topological polar surface area (TPSA) is 35.5 Å². The van der Waals surface area contributed by atoms with E-state index in [1.807, 2.05) is 0 Å². The van der Waals surface area contributed by atoms with Crippen LogP contribution in [0.1, 0.15) is 12.8 Å². The van der Waals surface area contributed by atoms with Crippen molar-refractivity contribution >= 4 is 38.3 Å². The van der Waals surface area contributed by atoms with Gasteiger partial charge in [-0.3, -0.25) is 4.79 Å². The van der Waals surface area contributed by atoms with E-state index in [0.717, 1.165) is 5.75 Å². The Hall–Kier alpha value is -2.81. The average molecular weight is 318 g/mol. The van der Waals surface area contributed by atoms with Crippen molar-refractivity contribution in [2.45, 2.75) is 12.8 Å². The third-order valence-corrected chi connectivity index (χ3v) is 4.46. The first kappa shape index (κ1) is 14.8. The van der Waals surface area contributed by atoms with E-state index < -0.39 is 0 Å². The number of benzene rings is 4. The van der Waals surface area contributed by atoms with Crippen LogP contribution in [0.3, 0.4) is 0 Å². The van der Waals surface area contributed by atoms with E-state index in [4.69, 9.17) is 4.74 Å². The van der Waals surface area contributed by atoms with Crippen molar-refractivity contribution in [1.29, 1.82) is 0 Å². The summed E-state index contributed by atoms with van der Waals surface area (Å²) in [5.41, 5.74) is 0. The van der Waals surface area contributed by atoms with E-state index in [2.05, 4.69) is 59.3 Å². The number of carbonyl (C=O) groups is 1. The molecule has 0 saturated carbocycles. The molecule has 0 aliphatic heterocycles. The molecule has 0 atom stereocenters. The fourth-order valence-corrected chi connectivity index (χ4v) is 3.32. The van der Waals surface area contributed by atoms with Gasteiger partial charge in [0.05, 0.1) is 13.7 Å². The number of carbonyl (C=O) groups excluding carboxylic acids is 1. The molecule has 0 saturated heterocycles. The fraction of sp³-hybridized carbons (Fsp3) is 0.190. The summed E-state index contributed by atoms with van der Waals surface area (Å²) >= 11 is 0. The van der Waals surface area contributed by atoms with Crippen LogP contribution in [0.15, 0.2) is 54.6 Å². The van der Waals surface area contributed by atoms with Crippen LogP contribution in [0.5, 0.6) is 5.75 Å². The Balaban J connectivity index is 1.68. The number of methoxy groups -OCH3 is 1. The largest absolute Gasteiger partial charge is 0.494 e. The summed E-state index contributed by atoms with van der Waals surface area (Å²) < 4.78 is 10.5. The molecule has 0 aromatic heterocycles. The predicted molar refractivity (Wildman–Crippen MR) is 96.9 cm³/mol. The predicted octanol–water partition coefficient (Wildman–Crippen LogP) is 4.92. The maximum Gasteiger partial charge on any atom is 0.305 e. The van der Waals surface area contributed by atoms with E-state index in [0.29, 0.717) is 19.4 Å². The molecule has 0 fully saturated rings. The summed E-state index contributed by atoms with van der Waals surface area (Å²) in [6.45, 7) is 0.503. The van der Waals surface area contributed by atoms with Gasteiger partial charge in [0.1, 0.15) is 5.75 Å². The number of hydrogen-bond donors (Lipinski definition) is 0. The molecule has 3 nitrogen and oxygen atoms in total. The summed E-state index contributed by atoms with van der Waals surface area (Å²) in [5, 5.41) is 7.48. The Morgan fingerprint density at radius 2 is 1.46 bits per heavy atom. The Kier molecular flexibility index (Phi) is 3.69. The minimum Gasteiger partial charge on any atom is -0.494 e. The maximum atomic E-state index is 11.1. The smallest absolute Gasteiger partial charge is 0.305 e. The van der Waals surface area contributed by atoms with E-state index >= 15 is 0 Å². The van der Waals surface area contributed by atoms with E-state index in [1.165, 1.54) is 39.4 Å². The molecular weight excluding hydrogens is 300 g/mol. The van der Waals surface area contributed by atoms with Gasteiger partial charge in [0, 0.05) is 6.42 Å². The van der Waals surface area contributed by atoms with Crippen molar-refractivity contribution in [3.8, 4) is 5.75 Å². The number of rotatable bonds is 5. The summed E-state index contributed by atoms with van der Waals surface area (Å²) in [5.74, 6) is 0.639. The van der Waals surface area contributed by atoms with E-state index in [9.17, 15) is 4.79 Å². The van der Waals surface area contributed by atoms with Crippen LogP contribution >= 0.6 is 0 Å². The second-order valence-corrected chi connectivity index (χ2v) is 5.98. The zero-order valence-electron chi connectivity index (χ0n) is 13.5. The molecule has 3 heteroatoms. The zero-order chi connectivity index (χ0) is 16.5. The van der Waals surface area contributed by atoms with Gasteiger partial charge in [-0.25, -0.2) is 0 Å². The molecule has 0 spiro atoms. The number of hydrogen-bond acceptors (Lipinski definition) is 3. The molecule has 4 rings (SSSR count). The second kappa shape index (κ2) is 6.00. The lowest BCUT2D eigenvalue weighted by Gasteiger charge is -2.13. The van der Waals surface area contributed by atoms with Crippen LogP contribution in [-0.4, -0.2) is 19.7 Å². The van der Waals surface area contributed by atoms with Gasteiger partial charge >= 0.3 is 5.97 Å². The molecule has 0 unspecified atom stereocenters. The lowest BCUT2D eigenvalue weighted by Crippen LogP contribution is -2.04. The van der Waals surface area contributed by atoms with Crippen LogP contribution in [-0.2, 0) is 9.53 Å². The van der Waals surface area contributed by atoms with Gasteiger partial charge in [-0.2, -0.15) is 0 Å². The standard InChI is InChI=1S/C21H18O3/c1-23-19(22)6-3-11-24-18-12-16-9-7-14-4-2-5-15-8-10-17(13-18)21(16)20(14)15/h2,4-5,7-10,12-13H,3,6,11H2,1H3. The molecule has 4 aromatic rings. The normalized spacial score (nSPS) is 11.4. The third-order valence-electron chi connectivity index (χ3n) is 4.46. The Bertz CT molecular complexity index is 956. The van der Waals surface area contributed by atoms with Gasteiger partial charge < -0.3 is 9.47 Å². The minimum atomic E-state index is -0.200. The SMILES string of the molecule is COC(=O)CCCOc1cc2ccc3cccc4ccc(c1)c2c34. The van der Waals surface area contributed by atoms with Crippen molar-refractivity contribution < 1.29 is 14.3 Å². The van der Waals surface area contributed by atoms with Crippen molar-refractivity contribution in [1.82, 2.24) is 0 Å². The zero-order valence-corrected chi connectivity index (χ0v) is 13.5. The van der Waals surface area contributed by atoms with Crippen LogP contribution < -0.4 is 4.74 Å². The Labute approximate surface area is 140 Å². The van der Waals surface area contributed by atoms with Gasteiger partial charge in [-0.1, -0.05) is 42.5 Å². The van der Waals surface area contributed by atoms with Gasteiger partial charge in [0.15, 0.2) is 0 Å².